The van der Waals surface area contributed by atoms with Gasteiger partial charge in [0.05, 0.1) is 12.0 Å². The summed E-state index contributed by atoms with van der Waals surface area (Å²) in [7, 11) is 0. The van der Waals surface area contributed by atoms with Crippen LogP contribution in [0.1, 0.15) is 74.9 Å². The van der Waals surface area contributed by atoms with Crippen molar-refractivity contribution in [3.05, 3.63) is 34.5 Å². The first-order valence-corrected chi connectivity index (χ1v) is 12.6. The Morgan fingerprint density at radius 3 is 2.77 bits per heavy atom. The van der Waals surface area contributed by atoms with Gasteiger partial charge in [-0.1, -0.05) is 32.9 Å². The summed E-state index contributed by atoms with van der Waals surface area (Å²) >= 11 is 1.39. The van der Waals surface area contributed by atoms with Gasteiger partial charge in [0.2, 0.25) is 0 Å². The van der Waals surface area contributed by atoms with Gasteiger partial charge in [-0.15, -0.1) is 11.3 Å². The maximum atomic E-state index is 13.7. The fraction of sp³-hybridized carbons (Fsp3) is 0.654. The fourth-order valence-electron chi connectivity index (χ4n) is 8.06. The molecule has 6 atom stereocenters. The van der Waals surface area contributed by atoms with Crippen molar-refractivity contribution < 1.29 is 19.1 Å². The molecule has 0 aliphatic heterocycles. The Balaban J connectivity index is 1.49. The number of Topliss-reactive ketones (excluding diaryl/α,β-unsaturated/α-hetero) is 2. The van der Waals surface area contributed by atoms with E-state index in [1.54, 1.807) is 6.07 Å². The second kappa shape index (κ2) is 7.13. The van der Waals surface area contributed by atoms with E-state index in [0.29, 0.717) is 29.9 Å². The molecule has 0 aromatic carbocycles. The summed E-state index contributed by atoms with van der Waals surface area (Å²) in [4.78, 5) is 40.3. The summed E-state index contributed by atoms with van der Waals surface area (Å²) in [5, 5.41) is 1.88. The zero-order chi connectivity index (χ0) is 22.0. The molecule has 0 saturated heterocycles. The predicted octanol–water partition coefficient (Wildman–Crippen LogP) is 5.62. The van der Waals surface area contributed by atoms with Gasteiger partial charge in [0.25, 0.3) is 0 Å². The number of ketones is 2. The van der Waals surface area contributed by atoms with E-state index in [4.69, 9.17) is 4.74 Å². The largest absolute Gasteiger partial charge is 0.461 e. The Morgan fingerprint density at radius 1 is 1.26 bits per heavy atom. The number of fused-ring (bicyclic) bond motifs is 3. The summed E-state index contributed by atoms with van der Waals surface area (Å²) in [6.07, 6.45) is 7.02. The molecule has 5 saturated carbocycles. The topological polar surface area (TPSA) is 60.4 Å². The third-order valence-corrected chi connectivity index (χ3v) is 10.5. The van der Waals surface area contributed by atoms with Crippen LogP contribution in [0.3, 0.4) is 0 Å². The lowest BCUT2D eigenvalue weighted by Crippen LogP contribution is -2.67. The molecule has 0 radical (unpaired) electrons. The number of ether oxygens (including phenoxy) is 1. The van der Waals surface area contributed by atoms with Crippen LogP contribution in [0.4, 0.5) is 0 Å². The van der Waals surface area contributed by atoms with Crippen molar-refractivity contribution in [1.29, 1.82) is 0 Å². The first kappa shape index (κ1) is 21.1. The van der Waals surface area contributed by atoms with Crippen molar-refractivity contribution in [2.24, 2.45) is 34.0 Å². The van der Waals surface area contributed by atoms with Crippen molar-refractivity contribution in [3.63, 3.8) is 0 Å². The Morgan fingerprint density at radius 2 is 2.06 bits per heavy atom. The van der Waals surface area contributed by atoms with Crippen LogP contribution in [0.25, 0.3) is 0 Å². The quantitative estimate of drug-likeness (QED) is 0.346. The Labute approximate surface area is 188 Å². The molecular weight excluding hydrogens is 408 g/mol. The van der Waals surface area contributed by atoms with Gasteiger partial charge in [-0.2, -0.15) is 0 Å². The number of carbonyl (C=O) groups excluding carboxylic acids is 3. The van der Waals surface area contributed by atoms with Crippen LogP contribution < -0.4 is 0 Å². The molecule has 4 nitrogen and oxygen atoms in total. The molecule has 2 bridgehead atoms. The lowest BCUT2D eigenvalue weighted by molar-refractivity contribution is -0.193. The highest BCUT2D eigenvalue weighted by molar-refractivity contribution is 7.11. The van der Waals surface area contributed by atoms with E-state index in [1.165, 1.54) is 11.3 Å². The summed E-state index contributed by atoms with van der Waals surface area (Å²) in [5.41, 5.74) is -0.408. The van der Waals surface area contributed by atoms with E-state index in [9.17, 15) is 14.4 Å². The van der Waals surface area contributed by atoms with Gasteiger partial charge in [-0.25, -0.2) is 4.79 Å². The molecule has 1 aromatic heterocycles. The van der Waals surface area contributed by atoms with Crippen molar-refractivity contribution >= 4 is 28.9 Å². The zero-order valence-electron chi connectivity index (χ0n) is 18.6. The second-order valence-electron chi connectivity index (χ2n) is 10.7. The predicted molar refractivity (Wildman–Crippen MR) is 120 cm³/mol. The Kier molecular flexibility index (Phi) is 4.85. The van der Waals surface area contributed by atoms with Crippen LogP contribution in [0.15, 0.2) is 29.7 Å². The van der Waals surface area contributed by atoms with Gasteiger partial charge in [-0.3, -0.25) is 9.59 Å². The van der Waals surface area contributed by atoms with Crippen LogP contribution in [-0.4, -0.2) is 24.1 Å². The molecular formula is C26H32O4S. The molecule has 1 spiro atoms. The van der Waals surface area contributed by atoms with Crippen molar-refractivity contribution in [3.8, 4) is 0 Å². The highest BCUT2D eigenvalue weighted by Gasteiger charge is 2.71. The maximum absolute atomic E-state index is 13.7. The average Bonchev–Trinajstić information content (AvgIpc) is 3.31. The molecule has 5 aliphatic carbocycles. The third-order valence-electron chi connectivity index (χ3n) is 9.61. The number of hydrogen-bond acceptors (Lipinski definition) is 5. The highest BCUT2D eigenvalue weighted by Crippen LogP contribution is 2.71. The minimum atomic E-state index is -0.829. The first-order chi connectivity index (χ1) is 14.8. The van der Waals surface area contributed by atoms with Crippen LogP contribution in [0.5, 0.6) is 0 Å². The van der Waals surface area contributed by atoms with E-state index in [2.05, 4.69) is 20.4 Å². The lowest BCUT2D eigenvalue weighted by Gasteiger charge is -2.67. The van der Waals surface area contributed by atoms with Gasteiger partial charge in [0.1, 0.15) is 10.7 Å². The normalized spacial score (nSPS) is 41.6. The van der Waals surface area contributed by atoms with Gasteiger partial charge >= 0.3 is 5.97 Å². The van der Waals surface area contributed by atoms with E-state index < -0.39 is 5.41 Å². The number of hydrogen-bond donors (Lipinski definition) is 0. The number of carbonyl (C=O) groups is 3. The summed E-state index contributed by atoms with van der Waals surface area (Å²) in [6, 6.07) is 3.64. The highest BCUT2D eigenvalue weighted by atomic mass is 32.1. The molecule has 5 aliphatic rings. The molecule has 1 heterocycles. The van der Waals surface area contributed by atoms with Crippen molar-refractivity contribution in [2.45, 2.75) is 65.2 Å². The maximum Gasteiger partial charge on any atom is 0.348 e. The molecule has 0 amide bonds. The number of thiophene rings is 1. The van der Waals surface area contributed by atoms with E-state index in [1.807, 2.05) is 11.4 Å². The molecule has 31 heavy (non-hydrogen) atoms. The zero-order valence-corrected chi connectivity index (χ0v) is 19.4. The summed E-state index contributed by atoms with van der Waals surface area (Å²) in [5.74, 6) is 0.408. The van der Waals surface area contributed by atoms with Crippen LogP contribution in [0.2, 0.25) is 0 Å². The standard InChI is InChI=1S/C26H32O4S/c1-4-25-10-6-9-24(3,15-30-23(29)18-7-5-12-31-18)19(25)14-21(27)26-11-8-17(13-20(25)26)16(2)22(26)28/h5,7,12,17,19-20H,2,4,6,8-11,13-15H2,1,3H3/t17-,19?,20?,24-,25+,26?/m0/s1. The second-order valence-corrected chi connectivity index (χ2v) is 11.6. The Bertz CT molecular complexity index is 949. The molecule has 5 heteroatoms. The molecule has 6 rings (SSSR count). The molecule has 3 unspecified atom stereocenters. The fourth-order valence-corrected chi connectivity index (χ4v) is 8.68. The van der Waals surface area contributed by atoms with Crippen LogP contribution >= 0.6 is 11.3 Å². The average molecular weight is 441 g/mol. The first-order valence-electron chi connectivity index (χ1n) is 11.8. The van der Waals surface area contributed by atoms with E-state index in [0.717, 1.165) is 38.5 Å². The number of esters is 1. The smallest absolute Gasteiger partial charge is 0.348 e. The van der Waals surface area contributed by atoms with Crippen LogP contribution in [-0.2, 0) is 14.3 Å². The number of allylic oxidation sites excluding steroid dienone is 1. The summed E-state index contributed by atoms with van der Waals surface area (Å²) < 4.78 is 5.82. The Hall–Kier alpha value is -1.75. The van der Waals surface area contributed by atoms with Crippen LogP contribution in [0, 0.1) is 34.0 Å². The van der Waals surface area contributed by atoms with Crippen molar-refractivity contribution in [2.75, 3.05) is 6.61 Å². The molecule has 1 aromatic rings. The van der Waals surface area contributed by atoms with Gasteiger partial charge in [-0.05, 0) is 78.7 Å². The molecule has 166 valence electrons. The van der Waals surface area contributed by atoms with Gasteiger partial charge in [0, 0.05) is 11.8 Å². The molecule has 0 N–H and O–H groups in total. The minimum absolute atomic E-state index is 0.0364. The van der Waals surface area contributed by atoms with E-state index in [-0.39, 0.29) is 46.1 Å². The molecule has 5 fully saturated rings. The summed E-state index contributed by atoms with van der Waals surface area (Å²) in [6.45, 7) is 8.88. The monoisotopic (exact) mass is 440 g/mol. The van der Waals surface area contributed by atoms with Gasteiger partial charge < -0.3 is 4.74 Å². The third kappa shape index (κ3) is 2.74. The SMILES string of the molecule is C=C1C(=O)C23CC[C@H]1CC2[C@]1(CC)CCC[C@@](C)(COC(=O)c2cccs2)C1CC3=O. The van der Waals surface area contributed by atoms with Crippen molar-refractivity contribution in [1.82, 2.24) is 0 Å². The van der Waals surface area contributed by atoms with E-state index >= 15 is 0 Å². The lowest BCUT2D eigenvalue weighted by atomic mass is 9.35. The number of rotatable bonds is 4. The minimum Gasteiger partial charge on any atom is -0.461 e. The van der Waals surface area contributed by atoms with Gasteiger partial charge in [0.15, 0.2) is 5.78 Å².